The van der Waals surface area contributed by atoms with E-state index in [4.69, 9.17) is 11.5 Å². The Morgan fingerprint density at radius 2 is 1.94 bits per heavy atom. The van der Waals surface area contributed by atoms with E-state index in [2.05, 4.69) is 0 Å². The molecule has 0 aromatic heterocycles. The maximum atomic E-state index is 13.5. The van der Waals surface area contributed by atoms with E-state index in [1.807, 2.05) is 13.0 Å². The van der Waals surface area contributed by atoms with Gasteiger partial charge in [-0.2, -0.15) is 0 Å². The van der Waals surface area contributed by atoms with Crippen molar-refractivity contribution in [3.63, 3.8) is 0 Å². The van der Waals surface area contributed by atoms with Crippen LogP contribution in [0.4, 0.5) is 10.1 Å². The number of nitrogen functional groups attached to an aromatic ring is 1. The molecule has 3 heteroatoms. The summed E-state index contributed by atoms with van der Waals surface area (Å²) in [4.78, 5) is 0. The van der Waals surface area contributed by atoms with Crippen molar-refractivity contribution in [1.29, 1.82) is 0 Å². The molecule has 0 bridgehead atoms. The van der Waals surface area contributed by atoms with Gasteiger partial charge in [-0.25, -0.2) is 4.39 Å². The summed E-state index contributed by atoms with van der Waals surface area (Å²) in [6.07, 6.45) is 4.45. The fourth-order valence-corrected chi connectivity index (χ4v) is 2.85. The van der Waals surface area contributed by atoms with Crippen LogP contribution in [0, 0.1) is 5.82 Å². The Morgan fingerprint density at radius 1 is 1.31 bits per heavy atom. The molecule has 0 amide bonds. The molecular weight excluding hydrogens is 203 g/mol. The third-order valence-electron chi connectivity index (χ3n) is 3.94. The van der Waals surface area contributed by atoms with Crippen LogP contribution in [-0.2, 0) is 5.41 Å². The Hall–Kier alpha value is -1.09. The molecule has 0 saturated heterocycles. The summed E-state index contributed by atoms with van der Waals surface area (Å²) in [5.41, 5.74) is 12.8. The average molecular weight is 222 g/mol. The molecule has 1 aromatic carbocycles. The van der Waals surface area contributed by atoms with Crippen LogP contribution in [0.1, 0.15) is 38.2 Å². The topological polar surface area (TPSA) is 52.0 Å². The summed E-state index contributed by atoms with van der Waals surface area (Å²) < 4.78 is 13.5. The largest absolute Gasteiger partial charge is 0.396 e. The number of benzene rings is 1. The fourth-order valence-electron chi connectivity index (χ4n) is 2.85. The average Bonchev–Trinajstić information content (AvgIpc) is 2.72. The fraction of sp³-hybridized carbons (Fsp3) is 0.538. The molecule has 1 aliphatic carbocycles. The number of hydrogen-bond acceptors (Lipinski definition) is 2. The molecular formula is C13H19FN2. The zero-order chi connectivity index (χ0) is 11.8. The van der Waals surface area contributed by atoms with E-state index in [9.17, 15) is 4.39 Å². The number of hydrogen-bond donors (Lipinski definition) is 2. The van der Waals surface area contributed by atoms with Crippen molar-refractivity contribution in [2.24, 2.45) is 5.73 Å². The Kier molecular flexibility index (Phi) is 2.89. The number of rotatable bonds is 2. The maximum absolute atomic E-state index is 13.5. The lowest BCUT2D eigenvalue weighted by molar-refractivity contribution is 0.367. The van der Waals surface area contributed by atoms with E-state index >= 15 is 0 Å². The number of anilines is 1. The first kappa shape index (κ1) is 11.4. The molecule has 16 heavy (non-hydrogen) atoms. The van der Waals surface area contributed by atoms with Crippen LogP contribution < -0.4 is 11.5 Å². The van der Waals surface area contributed by atoms with Gasteiger partial charge in [-0.3, -0.25) is 0 Å². The predicted octanol–water partition coefficient (Wildman–Crippen LogP) is 2.57. The third-order valence-corrected chi connectivity index (χ3v) is 3.94. The van der Waals surface area contributed by atoms with E-state index < -0.39 is 0 Å². The van der Waals surface area contributed by atoms with Crippen LogP contribution in [-0.4, -0.2) is 6.04 Å². The molecule has 0 radical (unpaired) electrons. The second-order valence-corrected chi connectivity index (χ2v) is 4.89. The maximum Gasteiger partial charge on any atom is 0.146 e. The van der Waals surface area contributed by atoms with Gasteiger partial charge in [0.1, 0.15) is 5.82 Å². The molecule has 4 N–H and O–H groups in total. The van der Waals surface area contributed by atoms with Crippen LogP contribution in [0.25, 0.3) is 0 Å². The number of nitrogens with two attached hydrogens (primary N) is 2. The van der Waals surface area contributed by atoms with E-state index in [-0.39, 0.29) is 23.0 Å². The summed E-state index contributed by atoms with van der Waals surface area (Å²) >= 11 is 0. The van der Waals surface area contributed by atoms with Crippen molar-refractivity contribution in [1.82, 2.24) is 0 Å². The first-order chi connectivity index (χ1) is 7.56. The van der Waals surface area contributed by atoms with Gasteiger partial charge in [0.25, 0.3) is 0 Å². The summed E-state index contributed by atoms with van der Waals surface area (Å²) in [6.45, 7) is 2.01. The van der Waals surface area contributed by atoms with Crippen molar-refractivity contribution in [2.45, 2.75) is 44.1 Å². The van der Waals surface area contributed by atoms with Crippen LogP contribution in [0.3, 0.4) is 0 Å². The molecule has 1 unspecified atom stereocenters. The molecule has 0 heterocycles. The Morgan fingerprint density at radius 3 is 2.44 bits per heavy atom. The molecule has 0 aliphatic heterocycles. The van der Waals surface area contributed by atoms with Crippen molar-refractivity contribution >= 4 is 5.69 Å². The highest BCUT2D eigenvalue weighted by atomic mass is 19.1. The quantitative estimate of drug-likeness (QED) is 0.756. The molecule has 1 saturated carbocycles. The summed E-state index contributed by atoms with van der Waals surface area (Å²) in [5.74, 6) is -0.329. The summed E-state index contributed by atoms with van der Waals surface area (Å²) in [6, 6.07) is 5.18. The lowest BCUT2D eigenvalue weighted by Crippen LogP contribution is -2.41. The summed E-state index contributed by atoms with van der Waals surface area (Å²) in [7, 11) is 0. The monoisotopic (exact) mass is 222 g/mol. The lowest BCUT2D eigenvalue weighted by atomic mass is 9.73. The predicted molar refractivity (Wildman–Crippen MR) is 64.6 cm³/mol. The number of halogens is 1. The van der Waals surface area contributed by atoms with Gasteiger partial charge < -0.3 is 11.5 Å². The van der Waals surface area contributed by atoms with E-state index in [0.717, 1.165) is 18.4 Å². The minimum absolute atomic E-state index is 0.0471. The van der Waals surface area contributed by atoms with Gasteiger partial charge >= 0.3 is 0 Å². The van der Waals surface area contributed by atoms with Crippen LogP contribution in [0.5, 0.6) is 0 Å². The third kappa shape index (κ3) is 1.69. The molecule has 1 aromatic rings. The minimum Gasteiger partial charge on any atom is -0.396 e. The molecule has 2 nitrogen and oxygen atoms in total. The second kappa shape index (κ2) is 4.06. The highest BCUT2D eigenvalue weighted by Crippen LogP contribution is 2.43. The van der Waals surface area contributed by atoms with Crippen molar-refractivity contribution in [3.05, 3.63) is 29.6 Å². The first-order valence-electron chi connectivity index (χ1n) is 5.87. The van der Waals surface area contributed by atoms with Crippen LogP contribution in [0.2, 0.25) is 0 Å². The highest BCUT2D eigenvalue weighted by molar-refractivity contribution is 5.44. The van der Waals surface area contributed by atoms with Crippen molar-refractivity contribution in [3.8, 4) is 0 Å². The molecule has 1 aliphatic rings. The lowest BCUT2D eigenvalue weighted by Gasteiger charge is -2.34. The van der Waals surface area contributed by atoms with Gasteiger partial charge in [0.05, 0.1) is 5.69 Å². The SMILES string of the molecule is CC(N)C1(c2ccc(N)c(F)c2)CCCC1. The smallest absolute Gasteiger partial charge is 0.146 e. The molecule has 1 atom stereocenters. The van der Waals surface area contributed by atoms with Gasteiger partial charge in [-0.1, -0.05) is 18.9 Å². The second-order valence-electron chi connectivity index (χ2n) is 4.89. The van der Waals surface area contributed by atoms with E-state index in [0.29, 0.717) is 0 Å². The van der Waals surface area contributed by atoms with Crippen LogP contribution in [0.15, 0.2) is 18.2 Å². The van der Waals surface area contributed by atoms with Crippen molar-refractivity contribution in [2.75, 3.05) is 5.73 Å². The van der Waals surface area contributed by atoms with Gasteiger partial charge in [0, 0.05) is 11.5 Å². The zero-order valence-corrected chi connectivity index (χ0v) is 9.67. The minimum atomic E-state index is -0.329. The zero-order valence-electron chi connectivity index (χ0n) is 9.67. The first-order valence-corrected chi connectivity index (χ1v) is 5.87. The van der Waals surface area contributed by atoms with Gasteiger partial charge in [0.15, 0.2) is 0 Å². The normalized spacial score (nSPS) is 20.9. The molecule has 0 spiro atoms. The van der Waals surface area contributed by atoms with E-state index in [1.54, 1.807) is 12.1 Å². The van der Waals surface area contributed by atoms with Crippen LogP contribution >= 0.6 is 0 Å². The Balaban J connectivity index is 2.43. The molecule has 2 rings (SSSR count). The Labute approximate surface area is 95.8 Å². The summed E-state index contributed by atoms with van der Waals surface area (Å²) in [5, 5.41) is 0. The van der Waals surface area contributed by atoms with Crippen molar-refractivity contribution < 1.29 is 4.39 Å². The van der Waals surface area contributed by atoms with Gasteiger partial charge in [-0.05, 0) is 37.5 Å². The van der Waals surface area contributed by atoms with Gasteiger partial charge in [-0.15, -0.1) is 0 Å². The standard InChI is InChI=1S/C13H19FN2/c1-9(15)13(6-2-3-7-13)10-4-5-12(16)11(14)8-10/h4-5,8-9H,2-3,6-7,15-16H2,1H3. The van der Waals surface area contributed by atoms with E-state index in [1.165, 1.54) is 12.8 Å². The van der Waals surface area contributed by atoms with Gasteiger partial charge in [0.2, 0.25) is 0 Å². The highest BCUT2D eigenvalue weighted by Gasteiger charge is 2.39. The molecule has 88 valence electrons. The molecule has 1 fully saturated rings. The Bertz CT molecular complexity index is 382.